The summed E-state index contributed by atoms with van der Waals surface area (Å²) < 4.78 is 0. The lowest BCUT2D eigenvalue weighted by atomic mass is 9.94. The normalized spacial score (nSPS) is 30.4. The van der Waals surface area contributed by atoms with Crippen molar-refractivity contribution in [2.45, 2.75) is 36.8 Å². The molecule has 5 rings (SSSR count). The van der Waals surface area contributed by atoms with E-state index >= 15 is 0 Å². The number of hydrogen-bond acceptors (Lipinski definition) is 3. The lowest BCUT2D eigenvalue weighted by Crippen LogP contribution is -2.43. The summed E-state index contributed by atoms with van der Waals surface area (Å²) >= 11 is 0. The maximum absolute atomic E-state index is 13.0. The third-order valence-corrected chi connectivity index (χ3v) is 6.96. The third kappa shape index (κ3) is 4.20. The fraction of sp³-hybridized carbons (Fsp3) is 0.400. The van der Waals surface area contributed by atoms with Gasteiger partial charge in [0.25, 0.3) is 0 Å². The Hall–Kier alpha value is -3.35. The van der Waals surface area contributed by atoms with Crippen LogP contribution >= 0.6 is 0 Å². The number of hydrogen-bond donors (Lipinski definition) is 3. The molecular formula is C25H27N3O4. The maximum Gasteiger partial charge on any atom is 0.407 e. The molecule has 166 valence electrons. The molecule has 2 aromatic rings. The SMILES string of the molecule is O=C(N[C@@H]1C[C@H]1c1ccccc1)C1CN(C(=O)O)CC1C(=O)N[C@@H]1C[C@H]1c1ccccc1. The number of carbonyl (C=O) groups excluding carboxylic acids is 2. The van der Waals surface area contributed by atoms with Crippen LogP contribution in [0.2, 0.25) is 0 Å². The van der Waals surface area contributed by atoms with Crippen molar-refractivity contribution in [3.8, 4) is 0 Å². The number of carbonyl (C=O) groups is 3. The molecule has 32 heavy (non-hydrogen) atoms. The van der Waals surface area contributed by atoms with E-state index in [1.54, 1.807) is 0 Å². The second-order valence-electron chi connectivity index (χ2n) is 9.14. The van der Waals surface area contributed by atoms with E-state index in [1.807, 2.05) is 60.7 Å². The first-order chi connectivity index (χ1) is 15.5. The number of amides is 3. The molecule has 7 heteroatoms. The highest BCUT2D eigenvalue weighted by Gasteiger charge is 2.48. The first-order valence-electron chi connectivity index (χ1n) is 11.2. The van der Waals surface area contributed by atoms with Crippen LogP contribution in [-0.4, -0.2) is 53.1 Å². The summed E-state index contributed by atoms with van der Waals surface area (Å²) in [7, 11) is 0. The van der Waals surface area contributed by atoms with Gasteiger partial charge in [-0.15, -0.1) is 0 Å². The summed E-state index contributed by atoms with van der Waals surface area (Å²) in [5.41, 5.74) is 2.37. The minimum Gasteiger partial charge on any atom is -0.465 e. The minimum absolute atomic E-state index is 0.0402. The van der Waals surface area contributed by atoms with Gasteiger partial charge < -0.3 is 20.6 Å². The average Bonchev–Trinajstić information content (AvgIpc) is 3.70. The van der Waals surface area contributed by atoms with Gasteiger partial charge in [-0.2, -0.15) is 0 Å². The van der Waals surface area contributed by atoms with Crippen LogP contribution in [0, 0.1) is 11.8 Å². The van der Waals surface area contributed by atoms with Crippen LogP contribution in [0.3, 0.4) is 0 Å². The summed E-state index contributed by atoms with van der Waals surface area (Å²) in [4.78, 5) is 38.8. The second kappa shape index (κ2) is 8.30. The van der Waals surface area contributed by atoms with Gasteiger partial charge in [0.1, 0.15) is 0 Å². The smallest absolute Gasteiger partial charge is 0.407 e. The van der Waals surface area contributed by atoms with Gasteiger partial charge in [-0.3, -0.25) is 9.59 Å². The lowest BCUT2D eigenvalue weighted by molar-refractivity contribution is -0.133. The molecule has 2 saturated carbocycles. The number of nitrogens with one attached hydrogen (secondary N) is 2. The molecule has 1 heterocycles. The van der Waals surface area contributed by atoms with E-state index in [0.717, 1.165) is 12.8 Å². The Labute approximate surface area is 186 Å². The molecule has 3 amide bonds. The zero-order valence-corrected chi connectivity index (χ0v) is 17.7. The Morgan fingerprint density at radius 2 is 1.12 bits per heavy atom. The van der Waals surface area contributed by atoms with Gasteiger partial charge in [-0.05, 0) is 24.0 Å². The molecule has 0 aromatic heterocycles. The predicted molar refractivity (Wildman–Crippen MR) is 118 cm³/mol. The molecule has 0 radical (unpaired) electrons. The molecular weight excluding hydrogens is 406 g/mol. The first-order valence-corrected chi connectivity index (χ1v) is 11.2. The monoisotopic (exact) mass is 433 g/mol. The van der Waals surface area contributed by atoms with Crippen molar-refractivity contribution in [1.82, 2.24) is 15.5 Å². The Balaban J connectivity index is 1.21. The van der Waals surface area contributed by atoms with E-state index in [-0.39, 0.29) is 48.8 Å². The van der Waals surface area contributed by atoms with Crippen LogP contribution in [0.5, 0.6) is 0 Å². The Kier molecular flexibility index (Phi) is 5.33. The molecule has 3 N–H and O–H groups in total. The fourth-order valence-corrected chi connectivity index (χ4v) is 4.92. The van der Waals surface area contributed by atoms with Gasteiger partial charge in [0, 0.05) is 37.0 Å². The third-order valence-electron chi connectivity index (χ3n) is 6.96. The van der Waals surface area contributed by atoms with Crippen molar-refractivity contribution in [1.29, 1.82) is 0 Å². The van der Waals surface area contributed by atoms with E-state index in [2.05, 4.69) is 10.6 Å². The van der Waals surface area contributed by atoms with Crippen molar-refractivity contribution in [3.63, 3.8) is 0 Å². The Bertz CT molecular complexity index is 937. The molecule has 1 saturated heterocycles. The first kappa shape index (κ1) is 20.5. The van der Waals surface area contributed by atoms with Gasteiger partial charge in [0.05, 0.1) is 11.8 Å². The molecule has 7 nitrogen and oxygen atoms in total. The van der Waals surface area contributed by atoms with Crippen LogP contribution in [0.25, 0.3) is 0 Å². The standard InChI is InChI=1S/C25H27N3O4/c29-23(26-21-11-17(21)15-7-3-1-4-8-15)19-13-28(25(31)32)14-20(19)24(30)27-22-12-18(22)16-9-5-2-6-10-16/h1-10,17-22H,11-14H2,(H,26,29)(H,27,30)(H,31,32)/t17-,18-,19?,20?,21+,22+/m0/s1. The average molecular weight is 434 g/mol. The Morgan fingerprint density at radius 3 is 1.50 bits per heavy atom. The van der Waals surface area contributed by atoms with E-state index in [0.29, 0.717) is 0 Å². The number of rotatable bonds is 6. The van der Waals surface area contributed by atoms with E-state index < -0.39 is 17.9 Å². The molecule has 3 aliphatic rings. The molecule has 0 bridgehead atoms. The molecule has 2 aromatic carbocycles. The van der Waals surface area contributed by atoms with Gasteiger partial charge >= 0.3 is 6.09 Å². The lowest BCUT2D eigenvalue weighted by Gasteiger charge is -2.18. The number of carboxylic acid groups (broad SMARTS) is 1. The van der Waals surface area contributed by atoms with Crippen LogP contribution in [0.15, 0.2) is 60.7 Å². The molecule has 6 atom stereocenters. The number of benzene rings is 2. The zero-order chi connectivity index (χ0) is 22.2. The molecule has 1 aliphatic heterocycles. The van der Waals surface area contributed by atoms with Gasteiger partial charge in [0.2, 0.25) is 11.8 Å². The highest BCUT2D eigenvalue weighted by molar-refractivity contribution is 5.90. The van der Waals surface area contributed by atoms with Crippen LogP contribution in [0.1, 0.15) is 35.8 Å². The highest BCUT2D eigenvalue weighted by atomic mass is 16.4. The minimum atomic E-state index is -1.10. The molecule has 2 aliphatic carbocycles. The summed E-state index contributed by atoms with van der Waals surface area (Å²) in [5, 5.41) is 15.6. The van der Waals surface area contributed by atoms with Gasteiger partial charge in [-0.1, -0.05) is 60.7 Å². The molecule has 2 unspecified atom stereocenters. The largest absolute Gasteiger partial charge is 0.465 e. The van der Waals surface area contributed by atoms with Gasteiger partial charge in [-0.25, -0.2) is 4.79 Å². The van der Waals surface area contributed by atoms with E-state index in [9.17, 15) is 19.5 Å². The van der Waals surface area contributed by atoms with Crippen LogP contribution < -0.4 is 10.6 Å². The predicted octanol–water partition coefficient (Wildman–Crippen LogP) is 2.56. The van der Waals surface area contributed by atoms with E-state index in [4.69, 9.17) is 0 Å². The summed E-state index contributed by atoms with van der Waals surface area (Å²) in [6.45, 7) is 0.101. The highest BCUT2D eigenvalue weighted by Crippen LogP contribution is 2.42. The van der Waals surface area contributed by atoms with Crippen LogP contribution in [-0.2, 0) is 9.59 Å². The zero-order valence-electron chi connectivity index (χ0n) is 17.7. The van der Waals surface area contributed by atoms with Gasteiger partial charge in [0.15, 0.2) is 0 Å². The number of likely N-dealkylation sites (tertiary alicyclic amines) is 1. The summed E-state index contributed by atoms with van der Waals surface area (Å²) in [6, 6.07) is 20.1. The van der Waals surface area contributed by atoms with Crippen LogP contribution in [0.4, 0.5) is 4.79 Å². The summed E-state index contributed by atoms with van der Waals surface area (Å²) in [6.07, 6.45) is 0.631. The Morgan fingerprint density at radius 1 is 0.719 bits per heavy atom. The number of nitrogens with zero attached hydrogens (tertiary/aromatic N) is 1. The van der Waals surface area contributed by atoms with Crippen molar-refractivity contribution in [2.24, 2.45) is 11.8 Å². The van der Waals surface area contributed by atoms with E-state index in [1.165, 1.54) is 16.0 Å². The quantitative estimate of drug-likeness (QED) is 0.652. The van der Waals surface area contributed by atoms with Crippen molar-refractivity contribution in [3.05, 3.63) is 71.8 Å². The summed E-state index contributed by atoms with van der Waals surface area (Å²) in [5.74, 6) is -1.24. The van der Waals surface area contributed by atoms with Crippen molar-refractivity contribution in [2.75, 3.05) is 13.1 Å². The topological polar surface area (TPSA) is 98.7 Å². The van der Waals surface area contributed by atoms with Crippen molar-refractivity contribution < 1.29 is 19.5 Å². The molecule has 3 fully saturated rings. The second-order valence-corrected chi connectivity index (χ2v) is 9.14. The van der Waals surface area contributed by atoms with Crippen molar-refractivity contribution >= 4 is 17.9 Å². The maximum atomic E-state index is 13.0. The molecule has 0 spiro atoms. The fourth-order valence-electron chi connectivity index (χ4n) is 4.92.